The average molecular weight is 490 g/mol. The molecule has 4 aromatic rings. The molecule has 1 saturated carbocycles. The lowest BCUT2D eigenvalue weighted by atomic mass is 10.1. The molecule has 1 N–H and O–H groups in total. The van der Waals surface area contributed by atoms with Gasteiger partial charge in [0.25, 0.3) is 0 Å². The second-order valence-corrected chi connectivity index (χ2v) is 9.11. The summed E-state index contributed by atoms with van der Waals surface area (Å²) < 4.78 is 3.21. The number of aryl methyl sites for hydroxylation is 1. The minimum absolute atomic E-state index is 0.00495. The molecule has 1 aliphatic rings. The van der Waals surface area contributed by atoms with Crippen LogP contribution in [0.25, 0.3) is 11.0 Å². The normalized spacial score (nSPS) is 13.6. The number of hydrogen-bond donors (Lipinski definition) is 1. The fourth-order valence-electron chi connectivity index (χ4n) is 3.87. The van der Waals surface area contributed by atoms with Gasteiger partial charge in [-0.2, -0.15) is 10.2 Å². The predicted octanol–water partition coefficient (Wildman–Crippen LogP) is 5.46. The van der Waals surface area contributed by atoms with Crippen LogP contribution in [-0.4, -0.2) is 30.5 Å². The number of aromatic nitrogens is 5. The molecule has 0 unspecified atom stereocenters. The minimum Gasteiger partial charge on any atom is -0.306 e. The summed E-state index contributed by atoms with van der Waals surface area (Å²) in [5, 5.41) is 14.1. The van der Waals surface area contributed by atoms with Gasteiger partial charge >= 0.3 is 0 Å². The summed E-state index contributed by atoms with van der Waals surface area (Å²) in [4.78, 5) is 17.2. The van der Waals surface area contributed by atoms with E-state index in [0.717, 1.165) is 16.6 Å². The standard InChI is InChI=1S/C22H19Cl3N6O/c1-12-20-14(13-5-6-13)7-8-26-22(20)31(28-12)11-19(32)27-21-18(25)10-30(29-21)9-15-16(23)3-2-4-17(15)24/h2-4,7-8,10,13H,5-6,9,11H2,1H3,(H,27,29,32). The molecule has 0 atom stereocenters. The Balaban J connectivity index is 1.34. The molecule has 10 heteroatoms. The lowest BCUT2D eigenvalue weighted by molar-refractivity contribution is -0.116. The highest BCUT2D eigenvalue weighted by molar-refractivity contribution is 6.36. The number of carbonyl (C=O) groups is 1. The molecule has 3 aromatic heterocycles. The van der Waals surface area contributed by atoms with Crippen molar-refractivity contribution in [3.63, 3.8) is 0 Å². The van der Waals surface area contributed by atoms with Crippen LogP contribution < -0.4 is 5.32 Å². The van der Waals surface area contributed by atoms with E-state index < -0.39 is 0 Å². The van der Waals surface area contributed by atoms with E-state index in [2.05, 4.69) is 26.6 Å². The number of nitrogens with one attached hydrogen (secondary N) is 1. The van der Waals surface area contributed by atoms with E-state index in [4.69, 9.17) is 34.8 Å². The summed E-state index contributed by atoms with van der Waals surface area (Å²) in [5.41, 5.74) is 3.58. The molecule has 1 aliphatic carbocycles. The van der Waals surface area contributed by atoms with Crippen LogP contribution in [0.15, 0.2) is 36.7 Å². The molecule has 5 rings (SSSR count). The molecule has 0 saturated heterocycles. The zero-order chi connectivity index (χ0) is 22.4. The van der Waals surface area contributed by atoms with Crippen LogP contribution in [0, 0.1) is 6.92 Å². The first-order valence-corrected chi connectivity index (χ1v) is 11.3. The number of hydrogen-bond acceptors (Lipinski definition) is 4. The molecule has 3 heterocycles. The van der Waals surface area contributed by atoms with Crippen molar-refractivity contribution in [2.45, 2.75) is 38.8 Å². The van der Waals surface area contributed by atoms with E-state index in [0.29, 0.717) is 33.2 Å². The number of pyridine rings is 1. The zero-order valence-electron chi connectivity index (χ0n) is 17.1. The van der Waals surface area contributed by atoms with Crippen LogP contribution in [0.4, 0.5) is 5.82 Å². The number of rotatable bonds is 6. The monoisotopic (exact) mass is 488 g/mol. The Hall–Kier alpha value is -2.61. The van der Waals surface area contributed by atoms with Crippen molar-refractivity contribution in [3.8, 4) is 0 Å². The maximum absolute atomic E-state index is 12.7. The molecule has 0 aliphatic heterocycles. The molecular weight excluding hydrogens is 471 g/mol. The van der Waals surface area contributed by atoms with Crippen LogP contribution in [0.5, 0.6) is 0 Å². The molecule has 1 fully saturated rings. The molecule has 1 aromatic carbocycles. The third kappa shape index (κ3) is 4.08. The van der Waals surface area contributed by atoms with Gasteiger partial charge in [-0.25, -0.2) is 9.67 Å². The Labute approximate surface area is 199 Å². The van der Waals surface area contributed by atoms with E-state index in [-0.39, 0.29) is 18.3 Å². The zero-order valence-corrected chi connectivity index (χ0v) is 19.4. The molecule has 1 amide bonds. The van der Waals surface area contributed by atoms with Gasteiger partial charge in [-0.3, -0.25) is 9.48 Å². The van der Waals surface area contributed by atoms with Crippen LogP contribution >= 0.6 is 34.8 Å². The Morgan fingerprint density at radius 3 is 2.59 bits per heavy atom. The van der Waals surface area contributed by atoms with Crippen LogP contribution in [-0.2, 0) is 17.9 Å². The Morgan fingerprint density at radius 2 is 1.88 bits per heavy atom. The Morgan fingerprint density at radius 1 is 1.12 bits per heavy atom. The number of carbonyl (C=O) groups excluding carboxylic acids is 1. The highest BCUT2D eigenvalue weighted by Crippen LogP contribution is 2.43. The van der Waals surface area contributed by atoms with Crippen molar-refractivity contribution < 1.29 is 4.79 Å². The number of halogens is 3. The van der Waals surface area contributed by atoms with Crippen molar-refractivity contribution in [2.75, 3.05) is 5.32 Å². The van der Waals surface area contributed by atoms with Gasteiger partial charge in [0.1, 0.15) is 11.6 Å². The lowest BCUT2D eigenvalue weighted by Crippen LogP contribution is -2.20. The highest BCUT2D eigenvalue weighted by Gasteiger charge is 2.28. The second-order valence-electron chi connectivity index (χ2n) is 7.89. The van der Waals surface area contributed by atoms with Crippen molar-refractivity contribution in [2.24, 2.45) is 0 Å². The molecular formula is C22H19Cl3N6O. The molecule has 32 heavy (non-hydrogen) atoms. The average Bonchev–Trinajstić information content (AvgIpc) is 3.48. The molecule has 0 spiro atoms. The Bertz CT molecular complexity index is 1320. The number of benzene rings is 1. The third-order valence-corrected chi connectivity index (χ3v) is 6.49. The molecule has 164 valence electrons. The summed E-state index contributed by atoms with van der Waals surface area (Å²) >= 11 is 18.8. The topological polar surface area (TPSA) is 77.6 Å². The van der Waals surface area contributed by atoms with Crippen molar-refractivity contribution in [1.29, 1.82) is 0 Å². The highest BCUT2D eigenvalue weighted by atomic mass is 35.5. The molecule has 0 bridgehead atoms. The molecule has 7 nitrogen and oxygen atoms in total. The van der Waals surface area contributed by atoms with Gasteiger partial charge in [0, 0.05) is 33.4 Å². The van der Waals surface area contributed by atoms with E-state index in [9.17, 15) is 4.79 Å². The lowest BCUT2D eigenvalue weighted by Gasteiger charge is -2.07. The number of anilines is 1. The van der Waals surface area contributed by atoms with Gasteiger partial charge < -0.3 is 5.32 Å². The van der Waals surface area contributed by atoms with Crippen LogP contribution in [0.2, 0.25) is 15.1 Å². The summed E-state index contributed by atoms with van der Waals surface area (Å²) in [7, 11) is 0. The number of amides is 1. The first-order valence-electron chi connectivity index (χ1n) is 10.2. The van der Waals surface area contributed by atoms with Gasteiger partial charge in [0.15, 0.2) is 11.5 Å². The second kappa shape index (κ2) is 8.39. The first kappa shape index (κ1) is 21.2. The smallest absolute Gasteiger partial charge is 0.247 e. The van der Waals surface area contributed by atoms with Crippen molar-refractivity contribution in [1.82, 2.24) is 24.5 Å². The SMILES string of the molecule is Cc1nn(CC(=O)Nc2nn(Cc3c(Cl)cccc3Cl)cc2Cl)c2nccc(C3CC3)c12. The van der Waals surface area contributed by atoms with Crippen molar-refractivity contribution in [3.05, 3.63) is 68.5 Å². The van der Waals surface area contributed by atoms with Crippen LogP contribution in [0.3, 0.4) is 0 Å². The number of nitrogens with zero attached hydrogens (tertiary/aromatic N) is 5. The Kier molecular flexibility index (Phi) is 5.57. The fourth-order valence-corrected chi connectivity index (χ4v) is 4.59. The quantitative estimate of drug-likeness (QED) is 0.390. The fraction of sp³-hybridized carbons (Fsp3) is 0.273. The van der Waals surface area contributed by atoms with E-state index in [1.165, 1.54) is 18.4 Å². The van der Waals surface area contributed by atoms with Crippen LogP contribution in [0.1, 0.15) is 35.6 Å². The first-order chi connectivity index (χ1) is 15.4. The number of fused-ring (bicyclic) bond motifs is 1. The van der Waals surface area contributed by atoms with Gasteiger partial charge in [-0.1, -0.05) is 40.9 Å². The largest absolute Gasteiger partial charge is 0.306 e. The van der Waals surface area contributed by atoms with Crippen molar-refractivity contribution >= 4 is 57.6 Å². The van der Waals surface area contributed by atoms with E-state index in [1.807, 2.05) is 6.92 Å². The van der Waals surface area contributed by atoms with Gasteiger partial charge in [0.05, 0.1) is 12.2 Å². The summed E-state index contributed by atoms with van der Waals surface area (Å²) in [5.74, 6) is 0.538. The summed E-state index contributed by atoms with van der Waals surface area (Å²) in [6.45, 7) is 2.28. The third-order valence-electron chi connectivity index (χ3n) is 5.51. The minimum atomic E-state index is -0.295. The van der Waals surface area contributed by atoms with E-state index >= 15 is 0 Å². The maximum Gasteiger partial charge on any atom is 0.247 e. The summed E-state index contributed by atoms with van der Waals surface area (Å²) in [6, 6.07) is 7.35. The van der Waals surface area contributed by atoms with Gasteiger partial charge in [0.2, 0.25) is 5.91 Å². The van der Waals surface area contributed by atoms with Gasteiger partial charge in [-0.15, -0.1) is 0 Å². The molecule has 0 radical (unpaired) electrons. The predicted molar refractivity (Wildman–Crippen MR) is 126 cm³/mol. The van der Waals surface area contributed by atoms with E-state index in [1.54, 1.807) is 40.0 Å². The van der Waals surface area contributed by atoms with Gasteiger partial charge in [-0.05, 0) is 49.4 Å². The maximum atomic E-state index is 12.7. The summed E-state index contributed by atoms with van der Waals surface area (Å²) in [6.07, 6.45) is 5.77.